The number of ether oxygens (including phenoxy) is 1. The van der Waals surface area contributed by atoms with E-state index in [1.54, 1.807) is 15.6 Å². The van der Waals surface area contributed by atoms with E-state index in [0.29, 0.717) is 29.9 Å². The van der Waals surface area contributed by atoms with Crippen molar-refractivity contribution in [2.45, 2.75) is 45.1 Å². The SMILES string of the molecule is Cn1cc2cc(-c3ccc4nc(C5CCN(C(=O)OC(C)(C)C)CC5)ccc4n3)c(F)cc2n1. The Kier molecular flexibility index (Phi) is 5.46. The highest BCUT2D eigenvalue weighted by molar-refractivity contribution is 5.85. The third-order valence-electron chi connectivity index (χ3n) is 6.11. The summed E-state index contributed by atoms with van der Waals surface area (Å²) in [6.45, 7) is 6.92. The van der Waals surface area contributed by atoms with Gasteiger partial charge in [0.25, 0.3) is 0 Å². The molecule has 4 aromatic rings. The molecule has 3 aromatic heterocycles. The highest BCUT2D eigenvalue weighted by Crippen LogP contribution is 2.30. The average molecular weight is 462 g/mol. The van der Waals surface area contributed by atoms with Gasteiger partial charge in [0.15, 0.2) is 0 Å². The lowest BCUT2D eigenvalue weighted by Gasteiger charge is -2.33. The summed E-state index contributed by atoms with van der Waals surface area (Å²) in [4.78, 5) is 23.6. The van der Waals surface area contributed by atoms with Gasteiger partial charge in [-0.1, -0.05) is 0 Å². The van der Waals surface area contributed by atoms with Crippen LogP contribution in [0.25, 0.3) is 33.2 Å². The molecule has 8 heteroatoms. The quantitative estimate of drug-likeness (QED) is 0.398. The van der Waals surface area contributed by atoms with Crippen LogP contribution in [0.1, 0.15) is 45.2 Å². The van der Waals surface area contributed by atoms with Crippen LogP contribution in [-0.4, -0.2) is 49.4 Å². The molecule has 1 aromatic carbocycles. The number of halogens is 1. The van der Waals surface area contributed by atoms with Gasteiger partial charge in [-0.25, -0.2) is 14.2 Å². The Morgan fingerprint density at radius 1 is 1.03 bits per heavy atom. The molecular formula is C26H28FN5O2. The molecular weight excluding hydrogens is 433 g/mol. The monoisotopic (exact) mass is 461 g/mol. The van der Waals surface area contributed by atoms with Gasteiger partial charge in [0.1, 0.15) is 11.4 Å². The molecule has 1 amide bonds. The number of carbonyl (C=O) groups is 1. The smallest absolute Gasteiger partial charge is 0.410 e. The second-order valence-electron chi connectivity index (χ2n) is 9.91. The van der Waals surface area contributed by atoms with Gasteiger partial charge >= 0.3 is 6.09 Å². The topological polar surface area (TPSA) is 73.1 Å². The maximum Gasteiger partial charge on any atom is 0.410 e. The average Bonchev–Trinajstić information content (AvgIpc) is 3.15. The van der Waals surface area contributed by atoms with Gasteiger partial charge in [-0.05, 0) is 63.9 Å². The van der Waals surface area contributed by atoms with Crippen LogP contribution in [0.5, 0.6) is 0 Å². The summed E-state index contributed by atoms with van der Waals surface area (Å²) in [6.07, 6.45) is 3.27. The maximum atomic E-state index is 14.8. The van der Waals surface area contributed by atoms with Crippen LogP contribution >= 0.6 is 0 Å². The Morgan fingerprint density at radius 2 is 1.74 bits per heavy atom. The molecule has 0 bridgehead atoms. The number of hydrogen-bond acceptors (Lipinski definition) is 5. The third kappa shape index (κ3) is 4.44. The molecule has 7 nitrogen and oxygen atoms in total. The molecule has 5 rings (SSSR count). The van der Waals surface area contributed by atoms with Gasteiger partial charge in [0.2, 0.25) is 0 Å². The number of aryl methyl sites for hydroxylation is 1. The highest BCUT2D eigenvalue weighted by Gasteiger charge is 2.28. The van der Waals surface area contributed by atoms with Gasteiger partial charge in [0.05, 0.1) is 22.2 Å². The number of benzene rings is 1. The zero-order chi connectivity index (χ0) is 24.0. The van der Waals surface area contributed by atoms with Crippen LogP contribution in [0.4, 0.5) is 9.18 Å². The molecule has 4 heterocycles. The molecule has 1 saturated heterocycles. The highest BCUT2D eigenvalue weighted by atomic mass is 19.1. The summed E-state index contributed by atoms with van der Waals surface area (Å²) < 4.78 is 21.9. The van der Waals surface area contributed by atoms with Crippen molar-refractivity contribution in [3.63, 3.8) is 0 Å². The molecule has 0 spiro atoms. The fourth-order valence-electron chi connectivity index (χ4n) is 4.45. The largest absolute Gasteiger partial charge is 0.444 e. The molecule has 0 unspecified atom stereocenters. The van der Waals surface area contributed by atoms with Gasteiger partial charge in [-0.3, -0.25) is 9.67 Å². The number of pyridine rings is 2. The molecule has 0 aliphatic carbocycles. The molecule has 1 aliphatic rings. The Balaban J connectivity index is 1.34. The maximum absolute atomic E-state index is 14.8. The van der Waals surface area contributed by atoms with Crippen molar-refractivity contribution in [3.05, 3.63) is 54.1 Å². The molecule has 0 N–H and O–H groups in total. The van der Waals surface area contributed by atoms with E-state index in [-0.39, 0.29) is 17.8 Å². The molecule has 1 aliphatic heterocycles. The first kappa shape index (κ1) is 22.3. The van der Waals surface area contributed by atoms with Crippen molar-refractivity contribution < 1.29 is 13.9 Å². The van der Waals surface area contributed by atoms with Crippen molar-refractivity contribution in [1.82, 2.24) is 24.6 Å². The summed E-state index contributed by atoms with van der Waals surface area (Å²) in [6, 6.07) is 10.9. The Hall–Kier alpha value is -3.55. The number of hydrogen-bond donors (Lipinski definition) is 0. The number of carbonyl (C=O) groups excluding carboxylic acids is 1. The van der Waals surface area contributed by atoms with Crippen LogP contribution in [0.3, 0.4) is 0 Å². The first-order chi connectivity index (χ1) is 16.2. The van der Waals surface area contributed by atoms with Gasteiger partial charge in [0, 0.05) is 55.0 Å². The number of nitrogens with zero attached hydrogens (tertiary/aromatic N) is 5. The van der Waals surface area contributed by atoms with Crippen molar-refractivity contribution >= 4 is 28.0 Å². The van der Waals surface area contributed by atoms with E-state index in [0.717, 1.165) is 35.0 Å². The fraction of sp³-hybridized carbons (Fsp3) is 0.385. The molecule has 0 atom stereocenters. The van der Waals surface area contributed by atoms with Crippen molar-refractivity contribution in [3.8, 4) is 11.3 Å². The Labute approximate surface area is 197 Å². The van der Waals surface area contributed by atoms with E-state index < -0.39 is 5.60 Å². The summed E-state index contributed by atoms with van der Waals surface area (Å²) in [7, 11) is 1.82. The van der Waals surface area contributed by atoms with Crippen molar-refractivity contribution in [2.24, 2.45) is 7.05 Å². The van der Waals surface area contributed by atoms with E-state index in [2.05, 4.69) is 10.1 Å². The second kappa shape index (κ2) is 8.34. The number of piperidine rings is 1. The minimum atomic E-state index is -0.494. The van der Waals surface area contributed by atoms with E-state index in [9.17, 15) is 9.18 Å². The zero-order valence-electron chi connectivity index (χ0n) is 19.9. The molecule has 0 radical (unpaired) electrons. The summed E-state index contributed by atoms with van der Waals surface area (Å²) in [5.74, 6) is -0.0763. The van der Waals surface area contributed by atoms with E-state index >= 15 is 0 Å². The zero-order valence-corrected chi connectivity index (χ0v) is 19.9. The molecule has 1 fully saturated rings. The number of rotatable bonds is 2. The minimum Gasteiger partial charge on any atom is -0.444 e. The standard InChI is InChI=1S/C26H28FN5O2/c1-26(2,3)34-25(33)32-11-9-16(10-12-32)20-5-7-23-22(28-20)8-6-21(29-23)18-13-17-15-31(4)30-24(17)14-19(18)27/h5-8,13-16H,9-12H2,1-4H3. The minimum absolute atomic E-state index is 0.258. The Bertz CT molecular complexity index is 1380. The first-order valence-electron chi connectivity index (χ1n) is 11.6. The molecule has 176 valence electrons. The van der Waals surface area contributed by atoms with E-state index in [1.807, 2.05) is 58.3 Å². The number of amides is 1. The lowest BCUT2D eigenvalue weighted by Crippen LogP contribution is -2.41. The lowest BCUT2D eigenvalue weighted by molar-refractivity contribution is 0.0204. The van der Waals surface area contributed by atoms with Crippen molar-refractivity contribution in [1.29, 1.82) is 0 Å². The Morgan fingerprint density at radius 3 is 2.47 bits per heavy atom. The summed E-state index contributed by atoms with van der Waals surface area (Å²) in [5, 5.41) is 5.13. The second-order valence-corrected chi connectivity index (χ2v) is 9.91. The predicted molar refractivity (Wildman–Crippen MR) is 129 cm³/mol. The predicted octanol–water partition coefficient (Wildman–Crippen LogP) is 5.44. The number of aromatic nitrogens is 4. The normalized spacial score (nSPS) is 15.3. The van der Waals surface area contributed by atoms with Crippen LogP contribution in [0.15, 0.2) is 42.6 Å². The summed E-state index contributed by atoms with van der Waals surface area (Å²) >= 11 is 0. The lowest BCUT2D eigenvalue weighted by atomic mass is 9.93. The van der Waals surface area contributed by atoms with Crippen LogP contribution in [0.2, 0.25) is 0 Å². The van der Waals surface area contributed by atoms with Crippen LogP contribution < -0.4 is 0 Å². The first-order valence-corrected chi connectivity index (χ1v) is 11.6. The van der Waals surface area contributed by atoms with Crippen LogP contribution in [-0.2, 0) is 11.8 Å². The summed E-state index contributed by atoms with van der Waals surface area (Å²) in [5.41, 5.74) is 3.63. The number of fused-ring (bicyclic) bond motifs is 2. The van der Waals surface area contributed by atoms with Gasteiger partial charge in [-0.15, -0.1) is 0 Å². The van der Waals surface area contributed by atoms with Crippen LogP contribution in [0, 0.1) is 5.82 Å². The van der Waals surface area contributed by atoms with Gasteiger partial charge < -0.3 is 9.64 Å². The fourth-order valence-corrected chi connectivity index (χ4v) is 4.45. The van der Waals surface area contributed by atoms with E-state index in [4.69, 9.17) is 9.72 Å². The molecule has 0 saturated carbocycles. The van der Waals surface area contributed by atoms with Gasteiger partial charge in [-0.2, -0.15) is 5.10 Å². The molecule has 34 heavy (non-hydrogen) atoms. The number of likely N-dealkylation sites (tertiary alicyclic amines) is 1. The van der Waals surface area contributed by atoms with E-state index in [1.165, 1.54) is 6.07 Å². The third-order valence-corrected chi connectivity index (χ3v) is 6.11. The van der Waals surface area contributed by atoms with Crippen molar-refractivity contribution in [2.75, 3.05) is 13.1 Å².